The first-order valence-electron chi connectivity index (χ1n) is 5.29. The van der Waals surface area contributed by atoms with Gasteiger partial charge in [-0.1, -0.05) is 48.6 Å². The third-order valence-electron chi connectivity index (χ3n) is 2.63. The number of benzene rings is 2. The Hall–Kier alpha value is -2.02. The first kappa shape index (κ1) is 10.5. The van der Waals surface area contributed by atoms with Crippen LogP contribution < -0.4 is 5.73 Å². The highest BCUT2D eigenvalue weighted by atomic mass is 14.6. The number of nitrogens with two attached hydrogens (primary N) is 1. The first-order valence-corrected chi connectivity index (χ1v) is 5.29. The maximum atomic E-state index is 5.96. The number of nitrogen functional groups attached to an aromatic ring is 1. The van der Waals surface area contributed by atoms with E-state index in [1.165, 1.54) is 0 Å². The highest BCUT2D eigenvalue weighted by Gasteiger charge is 2.02. The van der Waals surface area contributed by atoms with Crippen LogP contribution in [0.3, 0.4) is 0 Å². The van der Waals surface area contributed by atoms with E-state index in [0.717, 1.165) is 28.0 Å². The zero-order valence-corrected chi connectivity index (χ0v) is 9.40. The molecule has 0 aliphatic carbocycles. The molecule has 0 radical (unpaired) electrons. The van der Waals surface area contributed by atoms with Gasteiger partial charge in [-0.15, -0.1) is 0 Å². The molecule has 0 heterocycles. The molecule has 1 heteroatoms. The van der Waals surface area contributed by atoms with Crippen LogP contribution >= 0.6 is 0 Å². The molecule has 16 heavy (non-hydrogen) atoms. The average Bonchev–Trinajstić information content (AvgIpc) is 2.30. The van der Waals surface area contributed by atoms with Crippen LogP contribution in [0, 0.1) is 0 Å². The second-order valence-electron chi connectivity index (χ2n) is 3.95. The fourth-order valence-electron chi connectivity index (χ4n) is 1.71. The molecule has 2 N–H and O–H groups in total. The zero-order valence-electron chi connectivity index (χ0n) is 9.40. The number of para-hydroxylation sites is 1. The molecule has 0 saturated carbocycles. The van der Waals surface area contributed by atoms with E-state index >= 15 is 0 Å². The second-order valence-corrected chi connectivity index (χ2v) is 3.95. The summed E-state index contributed by atoms with van der Waals surface area (Å²) >= 11 is 0. The Labute approximate surface area is 96.2 Å². The van der Waals surface area contributed by atoms with Crippen molar-refractivity contribution in [1.82, 2.24) is 0 Å². The zero-order chi connectivity index (χ0) is 11.5. The van der Waals surface area contributed by atoms with Crippen LogP contribution in [0.4, 0.5) is 5.69 Å². The van der Waals surface area contributed by atoms with Gasteiger partial charge in [-0.05, 0) is 30.2 Å². The van der Waals surface area contributed by atoms with E-state index in [0.29, 0.717) is 0 Å². The Morgan fingerprint density at radius 1 is 1.06 bits per heavy atom. The molecule has 0 saturated heterocycles. The Bertz CT molecular complexity index is 526. The highest BCUT2D eigenvalue weighted by molar-refractivity contribution is 5.78. The van der Waals surface area contributed by atoms with Crippen molar-refractivity contribution in [3.8, 4) is 11.1 Å². The predicted octanol–water partition coefficient (Wildman–Crippen LogP) is 3.97. The maximum Gasteiger partial charge on any atom is 0.0393 e. The summed E-state index contributed by atoms with van der Waals surface area (Å²) in [5, 5.41) is 0. The molecule has 0 amide bonds. The monoisotopic (exact) mass is 209 g/mol. The standard InChI is InChI=1S/C15H15N/c1-11(2)12-6-5-7-13(10-12)14-8-3-4-9-15(14)16/h3-10H,1,16H2,2H3. The van der Waals surface area contributed by atoms with Gasteiger partial charge >= 0.3 is 0 Å². The van der Waals surface area contributed by atoms with Crippen LogP contribution in [0.1, 0.15) is 12.5 Å². The van der Waals surface area contributed by atoms with Crippen molar-refractivity contribution in [1.29, 1.82) is 0 Å². The molecular weight excluding hydrogens is 194 g/mol. The maximum absolute atomic E-state index is 5.96. The Morgan fingerprint density at radius 3 is 2.50 bits per heavy atom. The fraction of sp³-hybridized carbons (Fsp3) is 0.0667. The number of hydrogen-bond acceptors (Lipinski definition) is 1. The van der Waals surface area contributed by atoms with E-state index in [4.69, 9.17) is 5.73 Å². The van der Waals surface area contributed by atoms with Crippen LogP contribution in [0.5, 0.6) is 0 Å². The first-order chi connectivity index (χ1) is 7.68. The third kappa shape index (κ3) is 1.98. The minimum absolute atomic E-state index is 0.807. The molecule has 0 spiro atoms. The largest absolute Gasteiger partial charge is 0.398 e. The average molecular weight is 209 g/mol. The molecular formula is C15H15N. The van der Waals surface area contributed by atoms with E-state index in [9.17, 15) is 0 Å². The van der Waals surface area contributed by atoms with Crippen LogP contribution in [0.2, 0.25) is 0 Å². The molecule has 2 aromatic rings. The third-order valence-corrected chi connectivity index (χ3v) is 2.63. The van der Waals surface area contributed by atoms with Gasteiger partial charge in [0.2, 0.25) is 0 Å². The molecule has 80 valence electrons. The summed E-state index contributed by atoms with van der Waals surface area (Å²) in [7, 11) is 0. The van der Waals surface area contributed by atoms with Gasteiger partial charge in [0, 0.05) is 11.3 Å². The van der Waals surface area contributed by atoms with Gasteiger partial charge in [-0.25, -0.2) is 0 Å². The molecule has 2 aromatic carbocycles. The molecule has 0 unspecified atom stereocenters. The van der Waals surface area contributed by atoms with Crippen molar-refractivity contribution in [2.45, 2.75) is 6.92 Å². The number of allylic oxidation sites excluding steroid dienone is 1. The molecule has 0 aromatic heterocycles. The summed E-state index contributed by atoms with van der Waals surface area (Å²) in [5.74, 6) is 0. The summed E-state index contributed by atoms with van der Waals surface area (Å²) in [6.07, 6.45) is 0. The van der Waals surface area contributed by atoms with E-state index < -0.39 is 0 Å². The van der Waals surface area contributed by atoms with Crippen molar-refractivity contribution in [3.05, 3.63) is 60.7 Å². The van der Waals surface area contributed by atoms with Gasteiger partial charge in [-0.3, -0.25) is 0 Å². The minimum Gasteiger partial charge on any atom is -0.398 e. The van der Waals surface area contributed by atoms with Gasteiger partial charge in [0.25, 0.3) is 0 Å². The van der Waals surface area contributed by atoms with E-state index in [2.05, 4.69) is 24.8 Å². The summed E-state index contributed by atoms with van der Waals surface area (Å²) in [4.78, 5) is 0. The smallest absolute Gasteiger partial charge is 0.0393 e. The summed E-state index contributed by atoms with van der Waals surface area (Å²) in [6, 6.07) is 16.2. The van der Waals surface area contributed by atoms with Crippen molar-refractivity contribution in [3.63, 3.8) is 0 Å². The lowest BCUT2D eigenvalue weighted by Crippen LogP contribution is -1.89. The number of hydrogen-bond donors (Lipinski definition) is 1. The van der Waals surface area contributed by atoms with Crippen molar-refractivity contribution < 1.29 is 0 Å². The van der Waals surface area contributed by atoms with E-state index in [1.807, 2.05) is 37.3 Å². The Balaban J connectivity index is 2.53. The van der Waals surface area contributed by atoms with E-state index in [-0.39, 0.29) is 0 Å². The van der Waals surface area contributed by atoms with Gasteiger partial charge in [0.1, 0.15) is 0 Å². The number of anilines is 1. The van der Waals surface area contributed by atoms with Gasteiger partial charge < -0.3 is 5.73 Å². The second kappa shape index (κ2) is 4.23. The molecule has 2 rings (SSSR count). The fourth-order valence-corrected chi connectivity index (χ4v) is 1.71. The van der Waals surface area contributed by atoms with Crippen molar-refractivity contribution >= 4 is 11.3 Å². The minimum atomic E-state index is 0.807. The van der Waals surface area contributed by atoms with Gasteiger partial charge in [-0.2, -0.15) is 0 Å². The predicted molar refractivity (Wildman–Crippen MR) is 71.0 cm³/mol. The topological polar surface area (TPSA) is 26.0 Å². The molecule has 0 aliphatic heterocycles. The van der Waals surface area contributed by atoms with Crippen LogP contribution in [0.25, 0.3) is 16.7 Å². The Morgan fingerprint density at radius 2 is 1.81 bits per heavy atom. The molecule has 0 atom stereocenters. The normalized spacial score (nSPS) is 10.1. The van der Waals surface area contributed by atoms with Crippen LogP contribution in [0.15, 0.2) is 55.1 Å². The molecule has 0 aliphatic rings. The summed E-state index contributed by atoms with van der Waals surface area (Å²) < 4.78 is 0. The van der Waals surface area contributed by atoms with Gasteiger partial charge in [0.15, 0.2) is 0 Å². The Kier molecular flexibility index (Phi) is 2.78. The van der Waals surface area contributed by atoms with Crippen molar-refractivity contribution in [2.24, 2.45) is 0 Å². The molecule has 1 nitrogen and oxygen atoms in total. The SMILES string of the molecule is C=C(C)c1cccc(-c2ccccc2N)c1. The molecule has 0 bridgehead atoms. The highest BCUT2D eigenvalue weighted by Crippen LogP contribution is 2.27. The molecule has 0 fully saturated rings. The lowest BCUT2D eigenvalue weighted by molar-refractivity contribution is 1.55. The van der Waals surface area contributed by atoms with Crippen LogP contribution in [-0.2, 0) is 0 Å². The van der Waals surface area contributed by atoms with Crippen LogP contribution in [-0.4, -0.2) is 0 Å². The summed E-state index contributed by atoms with van der Waals surface area (Å²) in [6.45, 7) is 5.96. The van der Waals surface area contributed by atoms with Crippen molar-refractivity contribution in [2.75, 3.05) is 5.73 Å². The lowest BCUT2D eigenvalue weighted by atomic mass is 9.99. The number of rotatable bonds is 2. The van der Waals surface area contributed by atoms with E-state index in [1.54, 1.807) is 0 Å². The lowest BCUT2D eigenvalue weighted by Gasteiger charge is -2.07. The summed E-state index contributed by atoms with van der Waals surface area (Å²) in [5.41, 5.74) is 11.2. The quantitative estimate of drug-likeness (QED) is 0.744. The van der Waals surface area contributed by atoms with Gasteiger partial charge in [0.05, 0.1) is 0 Å².